The van der Waals surface area contributed by atoms with Crippen molar-refractivity contribution in [1.82, 2.24) is 4.90 Å². The van der Waals surface area contributed by atoms with E-state index in [9.17, 15) is 9.18 Å². The zero-order valence-corrected chi connectivity index (χ0v) is 14.0. The van der Waals surface area contributed by atoms with Crippen molar-refractivity contribution in [3.05, 3.63) is 69.9 Å². The molecule has 0 aliphatic carbocycles. The van der Waals surface area contributed by atoms with Gasteiger partial charge in [0.15, 0.2) is 5.76 Å². The molecule has 3 heterocycles. The lowest BCUT2D eigenvalue weighted by molar-refractivity contribution is 0.0647. The molecular weight excluding hydrogens is 325 g/mol. The zero-order chi connectivity index (χ0) is 16.7. The fraction of sp³-hybridized carbons (Fsp3) is 0.211. The molecule has 0 radical (unpaired) electrons. The van der Waals surface area contributed by atoms with Crippen LogP contribution in [0.3, 0.4) is 0 Å². The molecule has 0 unspecified atom stereocenters. The van der Waals surface area contributed by atoms with Gasteiger partial charge in [0, 0.05) is 17.0 Å². The summed E-state index contributed by atoms with van der Waals surface area (Å²) in [5.74, 6) is 0.488. The number of rotatable bonds is 2. The molecule has 0 N–H and O–H groups in total. The van der Waals surface area contributed by atoms with E-state index in [0.717, 1.165) is 12.0 Å². The lowest BCUT2D eigenvalue weighted by atomic mass is 10.0. The van der Waals surface area contributed by atoms with Crippen molar-refractivity contribution in [3.63, 3.8) is 0 Å². The molecule has 1 aromatic carbocycles. The summed E-state index contributed by atoms with van der Waals surface area (Å²) in [6.45, 7) is 2.74. The van der Waals surface area contributed by atoms with Crippen molar-refractivity contribution in [2.45, 2.75) is 19.4 Å². The van der Waals surface area contributed by atoms with Gasteiger partial charge in [-0.25, -0.2) is 4.39 Å². The van der Waals surface area contributed by atoms with Crippen LogP contribution in [0.4, 0.5) is 4.39 Å². The molecule has 3 aromatic rings. The fourth-order valence-electron chi connectivity index (χ4n) is 3.15. The second-order valence-electron chi connectivity index (χ2n) is 5.89. The summed E-state index contributed by atoms with van der Waals surface area (Å²) in [5.41, 5.74) is 1.98. The molecule has 2 aromatic heterocycles. The van der Waals surface area contributed by atoms with Crippen LogP contribution in [0.5, 0.6) is 0 Å². The first-order valence-corrected chi connectivity index (χ1v) is 8.74. The Morgan fingerprint density at radius 2 is 2.00 bits per heavy atom. The summed E-state index contributed by atoms with van der Waals surface area (Å²) in [5, 5.41) is 2.08. The topological polar surface area (TPSA) is 33.5 Å². The van der Waals surface area contributed by atoms with Gasteiger partial charge in [-0.3, -0.25) is 4.79 Å². The second kappa shape index (κ2) is 5.91. The third-order valence-electron chi connectivity index (χ3n) is 4.48. The molecule has 4 rings (SSSR count). The van der Waals surface area contributed by atoms with Crippen LogP contribution in [0.25, 0.3) is 11.3 Å². The first-order chi connectivity index (χ1) is 11.6. The summed E-state index contributed by atoms with van der Waals surface area (Å²) in [6.07, 6.45) is 0.884. The standard InChI is InChI=1S/C19H16FNO2S/c1-12-15-9-11-24-18(15)8-10-21(12)19(22)17-7-6-16(23-17)13-2-4-14(20)5-3-13/h2-7,9,11-12H,8,10H2,1H3/t12-/m1/s1. The largest absolute Gasteiger partial charge is 0.451 e. The van der Waals surface area contributed by atoms with Crippen LogP contribution in [-0.2, 0) is 6.42 Å². The van der Waals surface area contributed by atoms with Crippen LogP contribution < -0.4 is 0 Å². The van der Waals surface area contributed by atoms with E-state index in [-0.39, 0.29) is 17.8 Å². The van der Waals surface area contributed by atoms with Gasteiger partial charge in [0.1, 0.15) is 11.6 Å². The average molecular weight is 341 g/mol. The highest BCUT2D eigenvalue weighted by Gasteiger charge is 2.30. The molecule has 1 atom stereocenters. The molecule has 0 bridgehead atoms. The third kappa shape index (κ3) is 2.55. The highest BCUT2D eigenvalue weighted by Crippen LogP contribution is 2.34. The normalized spacial score (nSPS) is 16.9. The Balaban J connectivity index is 1.59. The van der Waals surface area contributed by atoms with E-state index < -0.39 is 0 Å². The van der Waals surface area contributed by atoms with Crippen LogP contribution in [0, 0.1) is 5.82 Å². The van der Waals surface area contributed by atoms with Crippen LogP contribution in [0.15, 0.2) is 52.3 Å². The molecule has 122 valence electrons. The summed E-state index contributed by atoms with van der Waals surface area (Å²) in [4.78, 5) is 16.0. The fourth-order valence-corrected chi connectivity index (χ4v) is 4.11. The molecule has 5 heteroatoms. The maximum Gasteiger partial charge on any atom is 0.290 e. The van der Waals surface area contributed by atoms with E-state index in [4.69, 9.17) is 4.42 Å². The minimum atomic E-state index is -0.296. The Bertz CT molecular complexity index is 881. The molecule has 1 aliphatic heterocycles. The van der Waals surface area contributed by atoms with Gasteiger partial charge in [-0.2, -0.15) is 0 Å². The van der Waals surface area contributed by atoms with E-state index >= 15 is 0 Å². The average Bonchev–Trinajstić information content (AvgIpc) is 3.25. The number of benzene rings is 1. The number of carbonyl (C=O) groups is 1. The molecule has 1 aliphatic rings. The monoisotopic (exact) mass is 341 g/mol. The Labute approximate surface area is 143 Å². The number of hydrogen-bond donors (Lipinski definition) is 0. The summed E-state index contributed by atoms with van der Waals surface area (Å²) < 4.78 is 18.8. The number of carbonyl (C=O) groups excluding carboxylic acids is 1. The van der Waals surface area contributed by atoms with Gasteiger partial charge in [0.05, 0.1) is 6.04 Å². The molecule has 0 saturated heterocycles. The highest BCUT2D eigenvalue weighted by atomic mass is 32.1. The van der Waals surface area contributed by atoms with Gasteiger partial charge in [-0.1, -0.05) is 0 Å². The minimum Gasteiger partial charge on any atom is -0.451 e. The Morgan fingerprint density at radius 3 is 2.79 bits per heavy atom. The van der Waals surface area contributed by atoms with Gasteiger partial charge in [-0.05, 0) is 66.8 Å². The molecule has 3 nitrogen and oxygen atoms in total. The van der Waals surface area contributed by atoms with Crippen molar-refractivity contribution in [1.29, 1.82) is 0 Å². The molecule has 0 spiro atoms. The van der Waals surface area contributed by atoms with Crippen LogP contribution >= 0.6 is 11.3 Å². The number of hydrogen-bond acceptors (Lipinski definition) is 3. The Hall–Kier alpha value is -2.40. The predicted octanol–water partition coefficient (Wildman–Crippen LogP) is 4.91. The van der Waals surface area contributed by atoms with E-state index in [0.29, 0.717) is 18.1 Å². The number of amides is 1. The van der Waals surface area contributed by atoms with Crippen LogP contribution in [0.1, 0.15) is 34.0 Å². The number of thiophene rings is 1. The summed E-state index contributed by atoms with van der Waals surface area (Å²) in [6, 6.07) is 11.6. The summed E-state index contributed by atoms with van der Waals surface area (Å²) >= 11 is 1.75. The molecule has 1 amide bonds. The highest BCUT2D eigenvalue weighted by molar-refractivity contribution is 7.10. The maximum absolute atomic E-state index is 13.0. The van der Waals surface area contributed by atoms with Crippen LogP contribution in [-0.4, -0.2) is 17.4 Å². The van der Waals surface area contributed by atoms with E-state index in [1.165, 1.54) is 22.6 Å². The molecular formula is C19H16FNO2S. The lowest BCUT2D eigenvalue weighted by Crippen LogP contribution is -2.38. The Kier molecular flexibility index (Phi) is 3.73. The summed E-state index contributed by atoms with van der Waals surface area (Å²) in [7, 11) is 0. The lowest BCUT2D eigenvalue weighted by Gasteiger charge is -2.33. The van der Waals surface area contributed by atoms with Crippen molar-refractivity contribution in [2.75, 3.05) is 6.54 Å². The van der Waals surface area contributed by atoms with E-state index in [1.54, 1.807) is 35.6 Å². The quantitative estimate of drug-likeness (QED) is 0.664. The van der Waals surface area contributed by atoms with Gasteiger partial charge >= 0.3 is 0 Å². The first-order valence-electron chi connectivity index (χ1n) is 7.86. The molecule has 0 saturated carbocycles. The molecule has 24 heavy (non-hydrogen) atoms. The number of fused-ring (bicyclic) bond motifs is 1. The van der Waals surface area contributed by atoms with Gasteiger partial charge in [0.25, 0.3) is 5.91 Å². The Morgan fingerprint density at radius 1 is 1.21 bits per heavy atom. The third-order valence-corrected chi connectivity index (χ3v) is 5.48. The SMILES string of the molecule is C[C@@H]1c2ccsc2CCN1C(=O)c1ccc(-c2ccc(F)cc2)o1. The van der Waals surface area contributed by atoms with Crippen molar-refractivity contribution >= 4 is 17.2 Å². The molecule has 0 fully saturated rings. The zero-order valence-electron chi connectivity index (χ0n) is 13.2. The van der Waals surface area contributed by atoms with Crippen molar-refractivity contribution < 1.29 is 13.6 Å². The minimum absolute atomic E-state index is 0.0480. The van der Waals surface area contributed by atoms with Crippen molar-refractivity contribution in [3.8, 4) is 11.3 Å². The smallest absolute Gasteiger partial charge is 0.290 e. The van der Waals surface area contributed by atoms with Crippen molar-refractivity contribution in [2.24, 2.45) is 0 Å². The van der Waals surface area contributed by atoms with E-state index in [1.807, 2.05) is 11.8 Å². The number of furan rings is 1. The number of halogens is 1. The van der Waals surface area contributed by atoms with E-state index in [2.05, 4.69) is 11.4 Å². The first kappa shape index (κ1) is 15.1. The van der Waals surface area contributed by atoms with Gasteiger partial charge in [0.2, 0.25) is 0 Å². The predicted molar refractivity (Wildman–Crippen MR) is 91.6 cm³/mol. The maximum atomic E-state index is 13.0. The van der Waals surface area contributed by atoms with Gasteiger partial charge in [-0.15, -0.1) is 11.3 Å². The van der Waals surface area contributed by atoms with Crippen LogP contribution in [0.2, 0.25) is 0 Å². The van der Waals surface area contributed by atoms with Gasteiger partial charge < -0.3 is 9.32 Å². The second-order valence-corrected chi connectivity index (χ2v) is 6.90. The number of nitrogens with zero attached hydrogens (tertiary/aromatic N) is 1.